The van der Waals surface area contributed by atoms with Crippen molar-refractivity contribution in [1.29, 1.82) is 0 Å². The Labute approximate surface area is 182 Å². The van der Waals surface area contributed by atoms with Crippen LogP contribution < -0.4 is 5.32 Å². The number of benzene rings is 3. The number of carbonyl (C=O) groups excluding carboxylic acids is 1. The lowest BCUT2D eigenvalue weighted by atomic mass is 10.1. The van der Waals surface area contributed by atoms with E-state index in [1.165, 1.54) is 23.5 Å². The smallest absolute Gasteiger partial charge is 0.255 e. The Kier molecular flexibility index (Phi) is 6.61. The number of carbonyl (C=O) groups is 1. The van der Waals surface area contributed by atoms with Crippen LogP contribution in [0.25, 0.3) is 0 Å². The number of rotatable bonds is 6. The first kappa shape index (κ1) is 22.0. The van der Waals surface area contributed by atoms with E-state index in [2.05, 4.69) is 5.32 Å². The third kappa shape index (κ3) is 5.08. The van der Waals surface area contributed by atoms with E-state index in [1.54, 1.807) is 36.4 Å². The maximum atomic E-state index is 12.7. The number of sulfonamides is 1. The molecule has 0 fully saturated rings. The van der Waals surface area contributed by atoms with E-state index in [9.17, 15) is 13.2 Å². The third-order valence-electron chi connectivity index (χ3n) is 4.78. The Morgan fingerprint density at radius 2 is 1.60 bits per heavy atom. The topological polar surface area (TPSA) is 66.5 Å². The molecule has 0 aliphatic heterocycles. The minimum Gasteiger partial charge on any atom is -0.322 e. The molecule has 0 radical (unpaired) electrons. The van der Waals surface area contributed by atoms with Gasteiger partial charge in [0.05, 0.1) is 4.90 Å². The van der Waals surface area contributed by atoms with Crippen LogP contribution in [-0.4, -0.2) is 25.7 Å². The number of nitrogens with zero attached hydrogens (tertiary/aromatic N) is 1. The van der Waals surface area contributed by atoms with Crippen molar-refractivity contribution in [2.24, 2.45) is 0 Å². The molecule has 3 aromatic carbocycles. The molecule has 0 bridgehead atoms. The van der Waals surface area contributed by atoms with Crippen molar-refractivity contribution in [2.75, 3.05) is 12.4 Å². The highest BCUT2D eigenvalue weighted by molar-refractivity contribution is 7.89. The predicted octanol–water partition coefficient (Wildman–Crippen LogP) is 5.03. The molecule has 0 saturated heterocycles. The molecule has 0 spiro atoms. The molecule has 3 aromatic rings. The summed E-state index contributed by atoms with van der Waals surface area (Å²) in [5, 5.41) is 3.40. The molecule has 0 heterocycles. The first-order chi connectivity index (χ1) is 14.2. The summed E-state index contributed by atoms with van der Waals surface area (Å²) in [6.07, 6.45) is 0. The molecule has 156 valence electrons. The number of amides is 1. The van der Waals surface area contributed by atoms with Crippen molar-refractivity contribution in [1.82, 2.24) is 4.31 Å². The van der Waals surface area contributed by atoms with E-state index in [1.807, 2.05) is 32.0 Å². The molecule has 30 heavy (non-hydrogen) atoms. The molecule has 0 atom stereocenters. The molecule has 0 aliphatic rings. The van der Waals surface area contributed by atoms with Crippen LogP contribution in [0.3, 0.4) is 0 Å². The van der Waals surface area contributed by atoms with Crippen molar-refractivity contribution < 1.29 is 13.2 Å². The van der Waals surface area contributed by atoms with Gasteiger partial charge in [-0.1, -0.05) is 35.9 Å². The Bertz CT molecular complexity index is 1160. The second-order valence-electron chi connectivity index (χ2n) is 7.18. The fourth-order valence-corrected chi connectivity index (χ4v) is 4.24. The van der Waals surface area contributed by atoms with Gasteiger partial charge in [-0.15, -0.1) is 0 Å². The Morgan fingerprint density at radius 3 is 2.23 bits per heavy atom. The summed E-state index contributed by atoms with van der Waals surface area (Å²) < 4.78 is 26.7. The van der Waals surface area contributed by atoms with Crippen LogP contribution in [0.4, 0.5) is 5.69 Å². The lowest BCUT2D eigenvalue weighted by Crippen LogP contribution is -2.26. The monoisotopic (exact) mass is 442 g/mol. The minimum absolute atomic E-state index is 0.180. The lowest BCUT2D eigenvalue weighted by molar-refractivity contribution is 0.102. The van der Waals surface area contributed by atoms with Gasteiger partial charge >= 0.3 is 0 Å². The molecule has 0 aliphatic carbocycles. The molecular weight excluding hydrogens is 420 g/mol. The lowest BCUT2D eigenvalue weighted by Gasteiger charge is -2.17. The van der Waals surface area contributed by atoms with Crippen molar-refractivity contribution in [3.05, 3.63) is 94.0 Å². The van der Waals surface area contributed by atoms with Gasteiger partial charge in [0.25, 0.3) is 5.91 Å². The number of anilines is 1. The molecular formula is C23H23ClN2O3S. The van der Waals surface area contributed by atoms with E-state index in [-0.39, 0.29) is 17.3 Å². The first-order valence-corrected chi connectivity index (χ1v) is 11.2. The highest BCUT2D eigenvalue weighted by atomic mass is 35.5. The first-order valence-electron chi connectivity index (χ1n) is 9.36. The highest BCUT2D eigenvalue weighted by Crippen LogP contribution is 2.20. The summed E-state index contributed by atoms with van der Waals surface area (Å²) >= 11 is 5.84. The second kappa shape index (κ2) is 9.00. The number of hydrogen-bond donors (Lipinski definition) is 1. The van der Waals surface area contributed by atoms with Gasteiger partial charge in [-0.3, -0.25) is 4.79 Å². The van der Waals surface area contributed by atoms with Crippen LogP contribution in [0.1, 0.15) is 27.0 Å². The number of hydrogen-bond acceptors (Lipinski definition) is 3. The van der Waals surface area contributed by atoms with Gasteiger partial charge in [0.2, 0.25) is 10.0 Å². The van der Waals surface area contributed by atoms with Crippen LogP contribution in [-0.2, 0) is 16.6 Å². The Morgan fingerprint density at radius 1 is 0.967 bits per heavy atom. The normalized spacial score (nSPS) is 11.5. The summed E-state index contributed by atoms with van der Waals surface area (Å²) in [7, 11) is -2.12. The summed E-state index contributed by atoms with van der Waals surface area (Å²) in [5.41, 5.74) is 4.11. The zero-order valence-electron chi connectivity index (χ0n) is 17.0. The number of halogens is 1. The van der Waals surface area contributed by atoms with Crippen LogP contribution in [0.15, 0.2) is 71.6 Å². The summed E-state index contributed by atoms with van der Waals surface area (Å²) in [4.78, 5) is 12.7. The van der Waals surface area contributed by atoms with Crippen LogP contribution in [0.2, 0.25) is 5.02 Å². The van der Waals surface area contributed by atoms with E-state index < -0.39 is 10.0 Å². The van der Waals surface area contributed by atoms with Crippen LogP contribution in [0.5, 0.6) is 0 Å². The van der Waals surface area contributed by atoms with Gasteiger partial charge in [-0.2, -0.15) is 4.31 Å². The average Bonchev–Trinajstić information content (AvgIpc) is 2.71. The molecule has 0 aromatic heterocycles. The van der Waals surface area contributed by atoms with Crippen molar-refractivity contribution in [3.63, 3.8) is 0 Å². The zero-order valence-corrected chi connectivity index (χ0v) is 18.6. The molecule has 0 unspecified atom stereocenters. The third-order valence-corrected chi connectivity index (χ3v) is 6.85. The van der Waals surface area contributed by atoms with E-state index in [0.29, 0.717) is 10.6 Å². The molecule has 1 N–H and O–H groups in total. The van der Waals surface area contributed by atoms with E-state index in [0.717, 1.165) is 22.4 Å². The average molecular weight is 443 g/mol. The molecule has 3 rings (SSSR count). The molecule has 7 heteroatoms. The maximum Gasteiger partial charge on any atom is 0.255 e. The Balaban J connectivity index is 1.70. The number of nitrogens with one attached hydrogen (secondary N) is 1. The van der Waals surface area contributed by atoms with E-state index >= 15 is 0 Å². The minimum atomic E-state index is -3.63. The zero-order chi connectivity index (χ0) is 21.9. The summed E-state index contributed by atoms with van der Waals surface area (Å²) in [6, 6.07) is 18.8. The molecule has 0 saturated carbocycles. The SMILES string of the molecule is Cc1ccc(C)c(NC(=O)c2ccc(CN(C)S(=O)(=O)c3ccc(Cl)cc3)cc2)c1. The van der Waals surface area contributed by atoms with Gasteiger partial charge in [-0.05, 0) is 73.0 Å². The fraction of sp³-hybridized carbons (Fsp3) is 0.174. The summed E-state index contributed by atoms with van der Waals surface area (Å²) in [5.74, 6) is -0.211. The van der Waals surface area contributed by atoms with Gasteiger partial charge in [-0.25, -0.2) is 8.42 Å². The van der Waals surface area contributed by atoms with Gasteiger partial charge in [0.15, 0.2) is 0 Å². The predicted molar refractivity (Wildman–Crippen MR) is 120 cm³/mol. The van der Waals surface area contributed by atoms with Crippen molar-refractivity contribution in [2.45, 2.75) is 25.3 Å². The number of aryl methyl sites for hydroxylation is 2. The molecule has 1 amide bonds. The summed E-state index contributed by atoms with van der Waals surface area (Å²) in [6.45, 7) is 4.09. The molecule has 5 nitrogen and oxygen atoms in total. The van der Waals surface area contributed by atoms with Gasteiger partial charge < -0.3 is 5.32 Å². The van der Waals surface area contributed by atoms with E-state index in [4.69, 9.17) is 11.6 Å². The second-order valence-corrected chi connectivity index (χ2v) is 9.67. The van der Waals surface area contributed by atoms with Gasteiger partial charge in [0.1, 0.15) is 0 Å². The Hall–Kier alpha value is -2.67. The van der Waals surface area contributed by atoms with Crippen LogP contribution in [0, 0.1) is 13.8 Å². The largest absolute Gasteiger partial charge is 0.322 e. The maximum absolute atomic E-state index is 12.7. The van der Waals surface area contributed by atoms with Crippen molar-refractivity contribution in [3.8, 4) is 0 Å². The van der Waals surface area contributed by atoms with Crippen LogP contribution >= 0.6 is 11.6 Å². The fourth-order valence-electron chi connectivity index (χ4n) is 2.96. The highest BCUT2D eigenvalue weighted by Gasteiger charge is 2.21. The van der Waals surface area contributed by atoms with Gasteiger partial charge in [0, 0.05) is 29.9 Å². The quantitative estimate of drug-likeness (QED) is 0.582. The standard InChI is InChI=1S/C23H23ClN2O3S/c1-16-4-5-17(2)22(14-16)25-23(27)19-8-6-18(7-9-19)15-26(3)30(28,29)21-12-10-20(24)11-13-21/h4-14H,15H2,1-3H3,(H,25,27). The van der Waals surface area contributed by atoms with Crippen molar-refractivity contribution >= 4 is 33.2 Å².